The Kier molecular flexibility index (Phi) is 7.11. The molecule has 8 nitrogen and oxygen atoms in total. The molecular formula is C26H33N5O3. The minimum atomic E-state index is -0.893. The van der Waals surface area contributed by atoms with Crippen LogP contribution in [0.3, 0.4) is 0 Å². The van der Waals surface area contributed by atoms with Crippen molar-refractivity contribution in [2.75, 3.05) is 46.3 Å². The molecule has 180 valence electrons. The average Bonchev–Trinajstić information content (AvgIpc) is 2.85. The predicted molar refractivity (Wildman–Crippen MR) is 132 cm³/mol. The lowest BCUT2D eigenvalue weighted by molar-refractivity contribution is -0.140. The van der Waals surface area contributed by atoms with Gasteiger partial charge in [-0.1, -0.05) is 43.3 Å². The first kappa shape index (κ1) is 24.1. The second-order valence-corrected chi connectivity index (χ2v) is 9.17. The van der Waals surface area contributed by atoms with E-state index in [1.807, 2.05) is 54.4 Å². The smallest absolute Gasteiger partial charge is 0.317 e. The molecule has 0 radical (unpaired) electrons. The zero-order valence-electron chi connectivity index (χ0n) is 19.9. The van der Waals surface area contributed by atoms with Crippen molar-refractivity contribution in [3.8, 4) is 0 Å². The molecule has 34 heavy (non-hydrogen) atoms. The highest BCUT2D eigenvalue weighted by atomic mass is 16.4. The summed E-state index contributed by atoms with van der Waals surface area (Å²) in [4.78, 5) is 28.5. The van der Waals surface area contributed by atoms with E-state index < -0.39 is 11.6 Å². The summed E-state index contributed by atoms with van der Waals surface area (Å²) in [6.07, 6.45) is 3.08. The highest BCUT2D eigenvalue weighted by Crippen LogP contribution is 2.34. The van der Waals surface area contributed by atoms with Crippen LogP contribution in [0.25, 0.3) is 0 Å². The SMILES string of the molecule is CCC1(N)c2ccc(C(=O)c3ccc(C=NN4CCN(C)CC4)cc3)cc2CCN1CC(=O)O. The van der Waals surface area contributed by atoms with Crippen LogP contribution in [0.1, 0.15) is 46.0 Å². The number of carboxylic acids is 1. The number of ketones is 1. The van der Waals surface area contributed by atoms with Crippen molar-refractivity contribution in [3.63, 3.8) is 0 Å². The number of rotatable bonds is 7. The molecule has 8 heteroatoms. The van der Waals surface area contributed by atoms with Crippen molar-refractivity contribution < 1.29 is 14.7 Å². The van der Waals surface area contributed by atoms with Crippen LogP contribution in [-0.4, -0.2) is 84.2 Å². The number of likely N-dealkylation sites (N-methyl/N-ethyl adjacent to an activating group) is 1. The second kappa shape index (κ2) is 10.0. The molecule has 0 aromatic heterocycles. The fourth-order valence-corrected chi connectivity index (χ4v) is 4.73. The van der Waals surface area contributed by atoms with E-state index in [1.54, 1.807) is 6.07 Å². The summed E-state index contributed by atoms with van der Waals surface area (Å²) in [5, 5.41) is 15.9. The van der Waals surface area contributed by atoms with E-state index in [2.05, 4.69) is 22.1 Å². The van der Waals surface area contributed by atoms with Crippen LogP contribution >= 0.6 is 0 Å². The van der Waals surface area contributed by atoms with Crippen LogP contribution in [0.15, 0.2) is 47.6 Å². The lowest BCUT2D eigenvalue weighted by atomic mass is 9.84. The number of piperazine rings is 1. The van der Waals surface area contributed by atoms with Crippen LogP contribution in [0.5, 0.6) is 0 Å². The number of nitrogens with zero attached hydrogens (tertiary/aromatic N) is 4. The average molecular weight is 464 g/mol. The van der Waals surface area contributed by atoms with E-state index in [0.717, 1.165) is 42.9 Å². The van der Waals surface area contributed by atoms with Crippen LogP contribution in [0, 0.1) is 0 Å². The lowest BCUT2D eigenvalue weighted by Gasteiger charge is -2.44. The Bertz CT molecular complexity index is 1080. The van der Waals surface area contributed by atoms with Crippen molar-refractivity contribution >= 4 is 18.0 Å². The van der Waals surface area contributed by atoms with E-state index in [4.69, 9.17) is 5.73 Å². The molecule has 3 N–H and O–H groups in total. The first-order valence-electron chi connectivity index (χ1n) is 11.8. The molecule has 1 atom stereocenters. The van der Waals surface area contributed by atoms with E-state index >= 15 is 0 Å². The van der Waals surface area contributed by atoms with Crippen molar-refractivity contribution in [3.05, 3.63) is 70.3 Å². The first-order chi connectivity index (χ1) is 16.3. The number of hydrogen-bond donors (Lipinski definition) is 2. The number of carbonyl (C=O) groups excluding carboxylic acids is 1. The van der Waals surface area contributed by atoms with Gasteiger partial charge >= 0.3 is 5.97 Å². The highest BCUT2D eigenvalue weighted by molar-refractivity contribution is 6.09. The molecule has 0 aliphatic carbocycles. The lowest BCUT2D eigenvalue weighted by Crippen LogP contribution is -2.57. The standard InChI is InChI=1S/C26H33N5O3/c1-3-26(27)23-9-8-22(16-21(23)10-11-30(26)18-24(32)33)25(34)20-6-4-19(5-7-20)17-28-31-14-12-29(2)13-15-31/h4-9,16-17H,3,10-15,18,27H2,1-2H3,(H,32,33). The Hall–Kier alpha value is -3.07. The maximum absolute atomic E-state index is 13.2. The second-order valence-electron chi connectivity index (χ2n) is 9.17. The van der Waals surface area contributed by atoms with E-state index in [0.29, 0.717) is 30.5 Å². The van der Waals surface area contributed by atoms with Gasteiger partial charge in [0.1, 0.15) is 0 Å². The predicted octanol–water partition coefficient (Wildman–Crippen LogP) is 1.96. The van der Waals surface area contributed by atoms with Gasteiger partial charge in [0, 0.05) is 43.9 Å². The van der Waals surface area contributed by atoms with Crippen LogP contribution in [0.4, 0.5) is 0 Å². The fraction of sp³-hybridized carbons (Fsp3) is 0.423. The minimum Gasteiger partial charge on any atom is -0.480 e. The Morgan fingerprint density at radius 1 is 1.06 bits per heavy atom. The van der Waals surface area contributed by atoms with Crippen LogP contribution in [-0.2, 0) is 16.9 Å². The first-order valence-corrected chi connectivity index (χ1v) is 11.8. The molecule has 2 aromatic carbocycles. The number of nitrogens with two attached hydrogens (primary N) is 1. The maximum Gasteiger partial charge on any atom is 0.317 e. The number of carbonyl (C=O) groups is 2. The quantitative estimate of drug-likeness (QED) is 0.478. The number of carboxylic acid groups (broad SMARTS) is 1. The molecule has 0 spiro atoms. The summed E-state index contributed by atoms with van der Waals surface area (Å²) in [5.74, 6) is -0.937. The third-order valence-electron chi connectivity index (χ3n) is 6.94. The maximum atomic E-state index is 13.2. The van der Waals surface area contributed by atoms with Crippen molar-refractivity contribution in [1.29, 1.82) is 0 Å². The van der Waals surface area contributed by atoms with Gasteiger partial charge in [-0.25, -0.2) is 0 Å². The van der Waals surface area contributed by atoms with Gasteiger partial charge < -0.3 is 15.7 Å². The molecule has 4 rings (SSSR count). The monoisotopic (exact) mass is 463 g/mol. The summed E-state index contributed by atoms with van der Waals surface area (Å²) in [7, 11) is 2.11. The molecular weight excluding hydrogens is 430 g/mol. The van der Waals surface area contributed by atoms with E-state index in [-0.39, 0.29) is 12.3 Å². The molecule has 2 heterocycles. The molecule has 0 saturated carbocycles. The molecule has 2 aliphatic rings. The Labute approximate surface area is 200 Å². The zero-order chi connectivity index (χ0) is 24.3. The molecule has 1 unspecified atom stereocenters. The molecule has 2 aliphatic heterocycles. The number of hydrazone groups is 1. The number of hydrogen-bond acceptors (Lipinski definition) is 7. The van der Waals surface area contributed by atoms with Gasteiger partial charge in [0.25, 0.3) is 0 Å². The normalized spacial score (nSPS) is 21.6. The van der Waals surface area contributed by atoms with Crippen LogP contribution in [0.2, 0.25) is 0 Å². The zero-order valence-corrected chi connectivity index (χ0v) is 19.9. The summed E-state index contributed by atoms with van der Waals surface area (Å²) >= 11 is 0. The van der Waals surface area contributed by atoms with Crippen molar-refractivity contribution in [2.24, 2.45) is 10.8 Å². The summed E-state index contributed by atoms with van der Waals surface area (Å²) in [5.41, 5.74) is 9.91. The molecule has 0 amide bonds. The van der Waals surface area contributed by atoms with Gasteiger partial charge in [-0.3, -0.25) is 19.5 Å². The molecule has 0 bridgehead atoms. The third-order valence-corrected chi connectivity index (χ3v) is 6.94. The van der Waals surface area contributed by atoms with Crippen LogP contribution < -0.4 is 5.73 Å². The van der Waals surface area contributed by atoms with Gasteiger partial charge in [0.15, 0.2) is 5.78 Å². The Balaban J connectivity index is 1.48. The van der Waals surface area contributed by atoms with Gasteiger partial charge in [0.05, 0.1) is 18.4 Å². The van der Waals surface area contributed by atoms with Gasteiger partial charge in [-0.2, -0.15) is 5.10 Å². The fourth-order valence-electron chi connectivity index (χ4n) is 4.73. The van der Waals surface area contributed by atoms with Gasteiger partial charge in [-0.05, 0) is 42.6 Å². The Morgan fingerprint density at radius 2 is 1.74 bits per heavy atom. The molecule has 1 fully saturated rings. The number of aliphatic carboxylic acids is 1. The van der Waals surface area contributed by atoms with Gasteiger partial charge in [0.2, 0.25) is 0 Å². The van der Waals surface area contributed by atoms with E-state index in [9.17, 15) is 14.7 Å². The number of fused-ring (bicyclic) bond motifs is 1. The summed E-state index contributed by atoms with van der Waals surface area (Å²) < 4.78 is 0. The van der Waals surface area contributed by atoms with Gasteiger partial charge in [-0.15, -0.1) is 0 Å². The molecule has 2 aromatic rings. The van der Waals surface area contributed by atoms with E-state index in [1.165, 1.54) is 0 Å². The minimum absolute atomic E-state index is 0.0440. The van der Waals surface area contributed by atoms with Crippen molar-refractivity contribution in [2.45, 2.75) is 25.4 Å². The Morgan fingerprint density at radius 3 is 2.38 bits per heavy atom. The molecule has 1 saturated heterocycles. The summed E-state index contributed by atoms with van der Waals surface area (Å²) in [6, 6.07) is 13.1. The topological polar surface area (TPSA) is 102 Å². The largest absolute Gasteiger partial charge is 0.480 e. The summed E-state index contributed by atoms with van der Waals surface area (Å²) in [6.45, 7) is 6.24. The third kappa shape index (κ3) is 5.04. The van der Waals surface area contributed by atoms with Crippen molar-refractivity contribution in [1.82, 2.24) is 14.8 Å². The number of benzene rings is 2. The highest BCUT2D eigenvalue weighted by Gasteiger charge is 2.38.